The minimum absolute atomic E-state index is 0.0144. The van der Waals surface area contributed by atoms with Crippen LogP contribution in [0.25, 0.3) is 0 Å². The lowest BCUT2D eigenvalue weighted by atomic mass is 10.2. The van der Waals surface area contributed by atoms with Crippen LogP contribution in [-0.2, 0) is 24.2 Å². The fourth-order valence-electron chi connectivity index (χ4n) is 2.96. The third kappa shape index (κ3) is 4.76. The minimum atomic E-state index is -0.199. The van der Waals surface area contributed by atoms with Gasteiger partial charge < -0.3 is 9.88 Å². The highest BCUT2D eigenvalue weighted by Crippen LogP contribution is 2.29. The predicted molar refractivity (Wildman–Crippen MR) is 101 cm³/mol. The second kappa shape index (κ2) is 8.72. The Morgan fingerprint density at radius 2 is 2.16 bits per heavy atom. The van der Waals surface area contributed by atoms with Crippen molar-refractivity contribution in [2.24, 2.45) is 0 Å². The number of carbonyl (C=O) groups is 1. The molecule has 3 rings (SSSR count). The summed E-state index contributed by atoms with van der Waals surface area (Å²) in [6.07, 6.45) is 5.32. The summed E-state index contributed by atoms with van der Waals surface area (Å²) >= 11 is 7.63. The summed E-state index contributed by atoms with van der Waals surface area (Å²) in [6, 6.07) is 7.59. The SMILES string of the molecule is CC(Sc1ccccc1Cl)C(=O)NCCc1nnc2n1CCCCC2. The zero-order valence-corrected chi connectivity index (χ0v) is 15.9. The first-order valence-electron chi connectivity index (χ1n) is 8.75. The van der Waals surface area contributed by atoms with Gasteiger partial charge in [-0.3, -0.25) is 4.79 Å². The molecule has 2 aromatic rings. The summed E-state index contributed by atoms with van der Waals surface area (Å²) in [7, 11) is 0. The van der Waals surface area contributed by atoms with E-state index in [0.29, 0.717) is 18.0 Å². The van der Waals surface area contributed by atoms with E-state index in [1.165, 1.54) is 31.0 Å². The van der Waals surface area contributed by atoms with Gasteiger partial charge in [-0.05, 0) is 31.9 Å². The summed E-state index contributed by atoms with van der Waals surface area (Å²) in [5, 5.41) is 12.1. The number of carbonyl (C=O) groups excluding carboxylic acids is 1. The van der Waals surface area contributed by atoms with Crippen LogP contribution in [0.4, 0.5) is 0 Å². The van der Waals surface area contributed by atoms with Crippen LogP contribution in [-0.4, -0.2) is 32.5 Å². The van der Waals surface area contributed by atoms with Crippen LogP contribution in [0.5, 0.6) is 0 Å². The van der Waals surface area contributed by atoms with Gasteiger partial charge in [0.15, 0.2) is 0 Å². The third-order valence-corrected chi connectivity index (χ3v) is 5.96. The van der Waals surface area contributed by atoms with Crippen molar-refractivity contribution in [1.29, 1.82) is 0 Å². The van der Waals surface area contributed by atoms with Crippen LogP contribution in [0.3, 0.4) is 0 Å². The van der Waals surface area contributed by atoms with E-state index < -0.39 is 0 Å². The summed E-state index contributed by atoms with van der Waals surface area (Å²) in [5.74, 6) is 2.07. The van der Waals surface area contributed by atoms with Crippen LogP contribution in [0.1, 0.15) is 37.8 Å². The Hall–Kier alpha value is -1.53. The quantitative estimate of drug-likeness (QED) is 0.781. The Morgan fingerprint density at radius 1 is 1.32 bits per heavy atom. The monoisotopic (exact) mass is 378 g/mol. The van der Waals surface area contributed by atoms with Crippen molar-refractivity contribution < 1.29 is 4.79 Å². The number of nitrogens with one attached hydrogen (secondary N) is 1. The number of thioether (sulfide) groups is 1. The zero-order chi connectivity index (χ0) is 17.6. The molecule has 0 aliphatic carbocycles. The molecule has 0 saturated heterocycles. The van der Waals surface area contributed by atoms with Gasteiger partial charge in [0.05, 0.1) is 10.3 Å². The van der Waals surface area contributed by atoms with Crippen LogP contribution in [0.15, 0.2) is 29.2 Å². The van der Waals surface area contributed by atoms with E-state index in [9.17, 15) is 4.79 Å². The fourth-order valence-corrected chi connectivity index (χ4v) is 4.13. The van der Waals surface area contributed by atoms with Gasteiger partial charge in [-0.1, -0.05) is 30.2 Å². The second-order valence-electron chi connectivity index (χ2n) is 6.23. The summed E-state index contributed by atoms with van der Waals surface area (Å²) in [5.41, 5.74) is 0. The number of fused-ring (bicyclic) bond motifs is 1. The molecule has 0 saturated carbocycles. The molecule has 7 heteroatoms. The van der Waals surface area contributed by atoms with E-state index in [0.717, 1.165) is 29.5 Å². The Kier molecular flexibility index (Phi) is 6.37. The number of hydrogen-bond donors (Lipinski definition) is 1. The van der Waals surface area contributed by atoms with Gasteiger partial charge in [0.25, 0.3) is 0 Å². The molecule has 1 aromatic heterocycles. The average Bonchev–Trinajstić information content (AvgIpc) is 2.84. The number of nitrogens with zero attached hydrogens (tertiary/aromatic N) is 3. The second-order valence-corrected chi connectivity index (χ2v) is 8.02. The van der Waals surface area contributed by atoms with Gasteiger partial charge in [-0.2, -0.15) is 0 Å². The number of rotatable bonds is 6. The normalized spacial score (nSPS) is 15.3. The Labute approximate surface area is 157 Å². The molecule has 0 bridgehead atoms. The number of halogens is 1. The predicted octanol–water partition coefficient (Wildman–Crippen LogP) is 3.50. The lowest BCUT2D eigenvalue weighted by Gasteiger charge is -2.13. The molecule has 1 unspecified atom stereocenters. The first-order valence-corrected chi connectivity index (χ1v) is 10.0. The number of benzene rings is 1. The van der Waals surface area contributed by atoms with Crippen molar-refractivity contribution in [2.45, 2.75) is 55.7 Å². The molecule has 0 spiro atoms. The largest absolute Gasteiger partial charge is 0.355 e. The van der Waals surface area contributed by atoms with E-state index in [4.69, 9.17) is 11.6 Å². The summed E-state index contributed by atoms with van der Waals surface area (Å²) < 4.78 is 2.22. The van der Waals surface area contributed by atoms with Gasteiger partial charge in [-0.15, -0.1) is 22.0 Å². The molecular weight excluding hydrogens is 356 g/mol. The van der Waals surface area contributed by atoms with E-state index in [1.807, 2.05) is 31.2 Å². The lowest BCUT2D eigenvalue weighted by molar-refractivity contribution is -0.120. The molecule has 134 valence electrons. The van der Waals surface area contributed by atoms with E-state index in [-0.39, 0.29) is 11.2 Å². The van der Waals surface area contributed by atoms with Crippen LogP contribution < -0.4 is 5.32 Å². The molecule has 2 heterocycles. The third-order valence-electron chi connectivity index (χ3n) is 4.34. The van der Waals surface area contributed by atoms with E-state index in [2.05, 4.69) is 20.1 Å². The van der Waals surface area contributed by atoms with Gasteiger partial charge >= 0.3 is 0 Å². The number of aryl methyl sites for hydroxylation is 1. The molecule has 1 atom stereocenters. The van der Waals surface area contributed by atoms with Crippen LogP contribution >= 0.6 is 23.4 Å². The highest BCUT2D eigenvalue weighted by atomic mass is 35.5. The molecule has 1 amide bonds. The van der Waals surface area contributed by atoms with Crippen molar-refractivity contribution in [3.05, 3.63) is 40.9 Å². The highest BCUT2D eigenvalue weighted by Gasteiger charge is 2.17. The maximum absolute atomic E-state index is 12.3. The van der Waals surface area contributed by atoms with E-state index in [1.54, 1.807) is 0 Å². The first-order chi connectivity index (χ1) is 12.1. The standard InChI is InChI=1S/C18H23ClN4OS/c1-13(25-15-8-5-4-7-14(15)19)18(24)20-11-10-17-22-21-16-9-3-2-6-12-23(16)17/h4-5,7-8,13H,2-3,6,9-12H2,1H3,(H,20,24). The molecular formula is C18H23ClN4OS. The summed E-state index contributed by atoms with van der Waals surface area (Å²) in [4.78, 5) is 13.2. The van der Waals surface area contributed by atoms with E-state index >= 15 is 0 Å². The molecule has 1 aliphatic rings. The maximum Gasteiger partial charge on any atom is 0.233 e. The van der Waals surface area contributed by atoms with Crippen molar-refractivity contribution in [3.63, 3.8) is 0 Å². The molecule has 5 nitrogen and oxygen atoms in total. The van der Waals surface area contributed by atoms with Gasteiger partial charge in [-0.25, -0.2) is 0 Å². The van der Waals surface area contributed by atoms with Gasteiger partial charge in [0.1, 0.15) is 11.6 Å². The average molecular weight is 379 g/mol. The van der Waals surface area contributed by atoms with Crippen molar-refractivity contribution in [2.75, 3.05) is 6.54 Å². The Balaban J connectivity index is 1.49. The smallest absolute Gasteiger partial charge is 0.233 e. The Morgan fingerprint density at radius 3 is 3.00 bits per heavy atom. The Bertz CT molecular complexity index is 734. The van der Waals surface area contributed by atoms with Crippen LogP contribution in [0.2, 0.25) is 5.02 Å². The molecule has 1 aliphatic heterocycles. The van der Waals surface area contributed by atoms with Crippen molar-refractivity contribution in [1.82, 2.24) is 20.1 Å². The van der Waals surface area contributed by atoms with Crippen molar-refractivity contribution >= 4 is 29.3 Å². The lowest BCUT2D eigenvalue weighted by Crippen LogP contribution is -2.32. The topological polar surface area (TPSA) is 59.8 Å². The molecule has 0 radical (unpaired) electrons. The maximum atomic E-state index is 12.3. The minimum Gasteiger partial charge on any atom is -0.355 e. The number of amides is 1. The van der Waals surface area contributed by atoms with Gasteiger partial charge in [0, 0.05) is 30.8 Å². The zero-order valence-electron chi connectivity index (χ0n) is 14.4. The fraction of sp³-hybridized carbons (Fsp3) is 0.500. The molecule has 1 N–H and O–H groups in total. The summed E-state index contributed by atoms with van der Waals surface area (Å²) in [6.45, 7) is 3.46. The van der Waals surface area contributed by atoms with Crippen molar-refractivity contribution in [3.8, 4) is 0 Å². The van der Waals surface area contributed by atoms with Crippen LogP contribution in [0, 0.1) is 0 Å². The number of aromatic nitrogens is 3. The number of hydrogen-bond acceptors (Lipinski definition) is 4. The molecule has 25 heavy (non-hydrogen) atoms. The molecule has 0 fully saturated rings. The van der Waals surface area contributed by atoms with Gasteiger partial charge in [0.2, 0.25) is 5.91 Å². The molecule has 1 aromatic carbocycles. The highest BCUT2D eigenvalue weighted by molar-refractivity contribution is 8.00. The first kappa shape index (κ1) is 18.3.